The number of hydrogen-bond acceptors (Lipinski definition) is 1. The van der Waals surface area contributed by atoms with Crippen LogP contribution in [0.5, 0.6) is 0 Å². The molecule has 1 aliphatic heterocycles. The Morgan fingerprint density at radius 1 is 1.22 bits per heavy atom. The molecule has 1 nitrogen and oxygen atoms in total. The topological polar surface area (TPSA) is 12.0 Å². The molecular formula is C15H19BrFN. The monoisotopic (exact) mass is 311 g/mol. The van der Waals surface area contributed by atoms with Crippen molar-refractivity contribution < 1.29 is 4.39 Å². The van der Waals surface area contributed by atoms with Gasteiger partial charge in [-0.15, -0.1) is 0 Å². The fourth-order valence-electron chi connectivity index (χ4n) is 3.33. The number of benzene rings is 1. The number of hydrogen-bond donors (Lipinski definition) is 1. The predicted molar refractivity (Wildman–Crippen MR) is 75.0 cm³/mol. The van der Waals surface area contributed by atoms with Gasteiger partial charge >= 0.3 is 0 Å². The maximum absolute atomic E-state index is 14.5. The number of nitrogens with one attached hydrogen (secondary N) is 1. The van der Waals surface area contributed by atoms with E-state index in [1.165, 1.54) is 32.1 Å². The molecule has 18 heavy (non-hydrogen) atoms. The molecule has 2 aliphatic rings. The quantitative estimate of drug-likeness (QED) is 0.856. The highest BCUT2D eigenvalue weighted by Crippen LogP contribution is 2.50. The van der Waals surface area contributed by atoms with Crippen molar-refractivity contribution in [1.82, 2.24) is 5.32 Å². The van der Waals surface area contributed by atoms with E-state index in [1.54, 1.807) is 6.07 Å². The molecule has 1 heterocycles. The highest BCUT2D eigenvalue weighted by atomic mass is 79.9. The summed E-state index contributed by atoms with van der Waals surface area (Å²) < 4.78 is 15.1. The molecule has 1 N–H and O–H groups in total. The van der Waals surface area contributed by atoms with Crippen molar-refractivity contribution >= 4 is 15.9 Å². The standard InChI is InChI=1S/C15H19BrFN/c16-13-6-4-5-12(14(13)17)15(11-7-8-11)9-2-1-3-10-18-15/h4-6,11,18H,1-3,7-10H2. The van der Waals surface area contributed by atoms with E-state index in [1.807, 2.05) is 12.1 Å². The molecule has 0 spiro atoms. The molecular weight excluding hydrogens is 293 g/mol. The maximum atomic E-state index is 14.5. The van der Waals surface area contributed by atoms with E-state index in [-0.39, 0.29) is 11.4 Å². The lowest BCUT2D eigenvalue weighted by atomic mass is 9.81. The molecule has 1 aromatic carbocycles. The third kappa shape index (κ3) is 2.12. The van der Waals surface area contributed by atoms with E-state index in [2.05, 4.69) is 21.2 Å². The van der Waals surface area contributed by atoms with Crippen LogP contribution in [0.25, 0.3) is 0 Å². The Bertz CT molecular complexity index is 434. The summed E-state index contributed by atoms with van der Waals surface area (Å²) in [5, 5.41) is 3.68. The van der Waals surface area contributed by atoms with E-state index >= 15 is 0 Å². The van der Waals surface area contributed by atoms with Gasteiger partial charge in [-0.2, -0.15) is 0 Å². The van der Waals surface area contributed by atoms with E-state index in [4.69, 9.17) is 0 Å². The van der Waals surface area contributed by atoms with Crippen LogP contribution in [0, 0.1) is 11.7 Å². The minimum atomic E-state index is -0.107. The van der Waals surface area contributed by atoms with Crippen molar-refractivity contribution in [3.05, 3.63) is 34.1 Å². The van der Waals surface area contributed by atoms with E-state index in [9.17, 15) is 4.39 Å². The van der Waals surface area contributed by atoms with Crippen molar-refractivity contribution in [2.24, 2.45) is 5.92 Å². The molecule has 1 aliphatic carbocycles. The maximum Gasteiger partial charge on any atom is 0.142 e. The van der Waals surface area contributed by atoms with Gasteiger partial charge in [0.15, 0.2) is 0 Å². The summed E-state index contributed by atoms with van der Waals surface area (Å²) in [6.07, 6.45) is 7.22. The van der Waals surface area contributed by atoms with Crippen LogP contribution in [-0.2, 0) is 5.54 Å². The molecule has 3 rings (SSSR count). The van der Waals surface area contributed by atoms with Gasteiger partial charge in [0.2, 0.25) is 0 Å². The summed E-state index contributed by atoms with van der Waals surface area (Å²) >= 11 is 3.32. The van der Waals surface area contributed by atoms with Crippen LogP contribution in [-0.4, -0.2) is 6.54 Å². The lowest BCUT2D eigenvalue weighted by molar-refractivity contribution is 0.268. The Morgan fingerprint density at radius 2 is 2.06 bits per heavy atom. The third-order valence-electron chi connectivity index (χ3n) is 4.39. The zero-order chi connectivity index (χ0) is 12.6. The van der Waals surface area contributed by atoms with Crippen molar-refractivity contribution in [3.8, 4) is 0 Å². The lowest BCUT2D eigenvalue weighted by Crippen LogP contribution is -2.44. The van der Waals surface area contributed by atoms with E-state index < -0.39 is 0 Å². The van der Waals surface area contributed by atoms with Gasteiger partial charge in [0.05, 0.1) is 4.47 Å². The van der Waals surface area contributed by atoms with E-state index in [0.29, 0.717) is 10.4 Å². The molecule has 0 radical (unpaired) electrons. The van der Waals surface area contributed by atoms with Gasteiger partial charge in [-0.25, -0.2) is 4.39 Å². The second-order valence-electron chi connectivity index (χ2n) is 5.58. The van der Waals surface area contributed by atoms with E-state index in [0.717, 1.165) is 18.5 Å². The van der Waals surface area contributed by atoms with Gasteiger partial charge < -0.3 is 5.32 Å². The molecule has 1 saturated carbocycles. The Labute approximate surface area is 116 Å². The van der Waals surface area contributed by atoms with Gasteiger partial charge in [-0.3, -0.25) is 0 Å². The first kappa shape index (κ1) is 12.6. The van der Waals surface area contributed by atoms with Crippen molar-refractivity contribution in [2.45, 2.75) is 44.1 Å². The van der Waals surface area contributed by atoms with Gasteiger partial charge in [0.25, 0.3) is 0 Å². The van der Waals surface area contributed by atoms with Crippen LogP contribution < -0.4 is 5.32 Å². The first-order chi connectivity index (χ1) is 8.74. The molecule has 3 heteroatoms. The summed E-state index contributed by atoms with van der Waals surface area (Å²) in [6.45, 7) is 1.02. The largest absolute Gasteiger partial charge is 0.307 e. The van der Waals surface area contributed by atoms with Crippen LogP contribution in [0.3, 0.4) is 0 Å². The number of rotatable bonds is 2. The zero-order valence-electron chi connectivity index (χ0n) is 10.5. The van der Waals surface area contributed by atoms with Gasteiger partial charge in [0, 0.05) is 11.1 Å². The molecule has 2 fully saturated rings. The minimum absolute atomic E-state index is 0.0706. The lowest BCUT2D eigenvalue weighted by Gasteiger charge is -2.35. The fraction of sp³-hybridized carbons (Fsp3) is 0.600. The van der Waals surface area contributed by atoms with Gasteiger partial charge in [-0.1, -0.05) is 25.0 Å². The highest BCUT2D eigenvalue weighted by molar-refractivity contribution is 9.10. The molecule has 1 aromatic rings. The van der Waals surface area contributed by atoms with Crippen molar-refractivity contribution in [3.63, 3.8) is 0 Å². The smallest absolute Gasteiger partial charge is 0.142 e. The molecule has 0 aromatic heterocycles. The summed E-state index contributed by atoms with van der Waals surface area (Å²) in [4.78, 5) is 0. The predicted octanol–water partition coefficient (Wildman–Crippen LogP) is 4.36. The molecule has 1 saturated heterocycles. The average molecular weight is 312 g/mol. The van der Waals surface area contributed by atoms with Crippen LogP contribution in [0.4, 0.5) is 4.39 Å². The SMILES string of the molecule is Fc1c(Br)cccc1C1(C2CC2)CCCCCN1. The normalized spacial score (nSPS) is 29.0. The van der Waals surface area contributed by atoms with Crippen LogP contribution in [0.2, 0.25) is 0 Å². The Hall–Kier alpha value is -0.410. The summed E-state index contributed by atoms with van der Waals surface area (Å²) in [5.41, 5.74) is 0.769. The summed E-state index contributed by atoms with van der Waals surface area (Å²) in [6, 6.07) is 5.71. The first-order valence-corrected chi connectivity index (χ1v) is 7.73. The molecule has 0 amide bonds. The first-order valence-electron chi connectivity index (χ1n) is 6.93. The minimum Gasteiger partial charge on any atom is -0.307 e. The summed E-state index contributed by atoms with van der Waals surface area (Å²) in [7, 11) is 0. The molecule has 1 atom stereocenters. The molecule has 1 unspecified atom stereocenters. The third-order valence-corrected chi connectivity index (χ3v) is 5.01. The Kier molecular flexibility index (Phi) is 3.46. The van der Waals surface area contributed by atoms with Crippen LogP contribution in [0.1, 0.15) is 44.1 Å². The second-order valence-corrected chi connectivity index (χ2v) is 6.44. The Morgan fingerprint density at radius 3 is 2.83 bits per heavy atom. The number of halogens is 2. The zero-order valence-corrected chi connectivity index (χ0v) is 12.1. The second kappa shape index (κ2) is 4.93. The molecule has 0 bridgehead atoms. The van der Waals surface area contributed by atoms with Gasteiger partial charge in [0.1, 0.15) is 5.82 Å². The summed E-state index contributed by atoms with van der Waals surface area (Å²) in [5.74, 6) is 0.554. The average Bonchev–Trinajstić information content (AvgIpc) is 3.17. The highest BCUT2D eigenvalue weighted by Gasteiger charge is 2.47. The van der Waals surface area contributed by atoms with Crippen LogP contribution >= 0.6 is 15.9 Å². The van der Waals surface area contributed by atoms with Crippen LogP contribution in [0.15, 0.2) is 22.7 Å². The molecule has 98 valence electrons. The van der Waals surface area contributed by atoms with Crippen molar-refractivity contribution in [1.29, 1.82) is 0 Å². The fourth-order valence-corrected chi connectivity index (χ4v) is 3.69. The van der Waals surface area contributed by atoms with Crippen molar-refractivity contribution in [2.75, 3.05) is 6.54 Å². The van der Waals surface area contributed by atoms with Gasteiger partial charge in [-0.05, 0) is 60.1 Å². The Balaban J connectivity index is 2.05.